The van der Waals surface area contributed by atoms with Crippen molar-refractivity contribution in [2.45, 2.75) is 4.90 Å². The number of nitrogens with zero attached hydrogens (tertiary/aromatic N) is 5. The SMILES string of the molecule is Sc1cc2c(c3c1=NN=N3)N=CN=2. The van der Waals surface area contributed by atoms with E-state index in [9.17, 15) is 0 Å². The third-order valence-electron chi connectivity index (χ3n) is 1.88. The third-order valence-corrected chi connectivity index (χ3v) is 2.22. The van der Waals surface area contributed by atoms with Gasteiger partial charge in [-0.25, -0.2) is 9.98 Å². The summed E-state index contributed by atoms with van der Waals surface area (Å²) < 4.78 is 0. The normalized spacial score (nSPS) is 15.2. The van der Waals surface area contributed by atoms with Crippen LogP contribution in [-0.2, 0) is 0 Å². The summed E-state index contributed by atoms with van der Waals surface area (Å²) in [5, 5.41) is 12.7. The molecule has 0 aromatic heterocycles. The van der Waals surface area contributed by atoms with Crippen LogP contribution in [0.25, 0.3) is 0 Å². The molecule has 1 aromatic rings. The molecule has 0 N–H and O–H groups in total. The minimum absolute atomic E-state index is 0.667. The van der Waals surface area contributed by atoms with Gasteiger partial charge in [-0.15, -0.1) is 22.8 Å². The van der Waals surface area contributed by atoms with Crippen LogP contribution in [-0.4, -0.2) is 6.34 Å². The summed E-state index contributed by atoms with van der Waals surface area (Å²) in [6.45, 7) is 0. The predicted molar refractivity (Wildman–Crippen MR) is 48.7 cm³/mol. The first kappa shape index (κ1) is 6.90. The highest BCUT2D eigenvalue weighted by Gasteiger charge is 2.15. The Labute approximate surface area is 78.0 Å². The van der Waals surface area contributed by atoms with Gasteiger partial charge >= 0.3 is 0 Å². The standard InChI is InChI=1S/C7H3N5S/c13-4-1-3-5(9-2-8-3)7-6(4)10-12-11-7/h1-2,13H. The second-order valence-electron chi connectivity index (χ2n) is 2.62. The van der Waals surface area contributed by atoms with Crippen LogP contribution in [0.3, 0.4) is 0 Å². The number of hydrogen-bond acceptors (Lipinski definition) is 6. The summed E-state index contributed by atoms with van der Waals surface area (Å²) in [6.07, 6.45) is 1.49. The Bertz CT molecular complexity index is 572. The van der Waals surface area contributed by atoms with Crippen LogP contribution in [0.4, 0.5) is 11.4 Å². The van der Waals surface area contributed by atoms with Crippen molar-refractivity contribution in [1.29, 1.82) is 0 Å². The Morgan fingerprint density at radius 2 is 2.15 bits per heavy atom. The van der Waals surface area contributed by atoms with Crippen molar-refractivity contribution in [1.82, 2.24) is 0 Å². The molecule has 0 aliphatic carbocycles. The van der Waals surface area contributed by atoms with Crippen molar-refractivity contribution in [2.24, 2.45) is 25.4 Å². The minimum Gasteiger partial charge on any atom is -0.235 e. The topological polar surface area (TPSA) is 61.8 Å². The Balaban J connectivity index is 2.58. The largest absolute Gasteiger partial charge is 0.235 e. The monoisotopic (exact) mass is 189 g/mol. The molecular weight excluding hydrogens is 186 g/mol. The fraction of sp³-hybridized carbons (Fsp3) is 0. The van der Waals surface area contributed by atoms with Gasteiger partial charge in [0.15, 0.2) is 0 Å². The molecule has 0 unspecified atom stereocenters. The first-order valence-electron chi connectivity index (χ1n) is 3.61. The quantitative estimate of drug-likeness (QED) is 0.589. The molecule has 3 rings (SSSR count). The Morgan fingerprint density at radius 3 is 3.08 bits per heavy atom. The van der Waals surface area contributed by atoms with Gasteiger partial charge < -0.3 is 0 Å². The lowest BCUT2D eigenvalue weighted by Crippen LogP contribution is -2.09. The molecule has 0 atom stereocenters. The van der Waals surface area contributed by atoms with Crippen LogP contribution in [0.15, 0.2) is 36.4 Å². The summed E-state index contributed by atoms with van der Waals surface area (Å²) in [7, 11) is 0. The van der Waals surface area contributed by atoms with Gasteiger partial charge in [-0.1, -0.05) is 0 Å². The second kappa shape index (κ2) is 2.23. The van der Waals surface area contributed by atoms with Crippen molar-refractivity contribution in [3.63, 3.8) is 0 Å². The van der Waals surface area contributed by atoms with E-state index in [1.165, 1.54) is 6.34 Å². The molecule has 2 aliphatic rings. The number of thiol groups is 1. The summed E-state index contributed by atoms with van der Waals surface area (Å²) in [5.74, 6) is 0. The summed E-state index contributed by atoms with van der Waals surface area (Å²) in [5.41, 5.74) is 1.40. The van der Waals surface area contributed by atoms with Crippen molar-refractivity contribution in [2.75, 3.05) is 0 Å². The van der Waals surface area contributed by atoms with Gasteiger partial charge in [0, 0.05) is 4.90 Å². The molecule has 13 heavy (non-hydrogen) atoms. The summed E-state index contributed by atoms with van der Waals surface area (Å²) in [4.78, 5) is 8.86. The molecule has 0 saturated carbocycles. The van der Waals surface area contributed by atoms with Crippen molar-refractivity contribution in [3.05, 3.63) is 16.8 Å². The van der Waals surface area contributed by atoms with Gasteiger partial charge in [0.05, 0.1) is 5.36 Å². The number of rotatable bonds is 0. The maximum absolute atomic E-state index is 4.26. The fourth-order valence-electron chi connectivity index (χ4n) is 1.30. The zero-order valence-corrected chi connectivity index (χ0v) is 7.23. The van der Waals surface area contributed by atoms with Gasteiger partial charge in [-0.3, -0.25) is 0 Å². The van der Waals surface area contributed by atoms with E-state index in [0.29, 0.717) is 11.0 Å². The second-order valence-corrected chi connectivity index (χ2v) is 3.11. The smallest absolute Gasteiger partial charge is 0.144 e. The highest BCUT2D eigenvalue weighted by atomic mass is 32.1. The number of benzene rings is 1. The summed E-state index contributed by atoms with van der Waals surface area (Å²) in [6, 6.07) is 1.81. The van der Waals surface area contributed by atoms with E-state index in [4.69, 9.17) is 0 Å². The van der Waals surface area contributed by atoms with Crippen LogP contribution in [0, 0.1) is 0 Å². The maximum Gasteiger partial charge on any atom is 0.144 e. The van der Waals surface area contributed by atoms with Crippen molar-refractivity contribution in [3.8, 4) is 0 Å². The Kier molecular flexibility index (Phi) is 1.18. The molecule has 0 amide bonds. The number of aliphatic imine (C=N–C) groups is 1. The van der Waals surface area contributed by atoms with Crippen LogP contribution in [0.1, 0.15) is 0 Å². The molecule has 0 fully saturated rings. The van der Waals surface area contributed by atoms with E-state index in [1.807, 2.05) is 6.07 Å². The van der Waals surface area contributed by atoms with Crippen molar-refractivity contribution < 1.29 is 0 Å². The molecule has 0 radical (unpaired) electrons. The van der Waals surface area contributed by atoms with E-state index < -0.39 is 0 Å². The van der Waals surface area contributed by atoms with Crippen LogP contribution in [0.2, 0.25) is 0 Å². The van der Waals surface area contributed by atoms with Crippen LogP contribution in [0.5, 0.6) is 0 Å². The molecule has 0 bridgehead atoms. The highest BCUT2D eigenvalue weighted by Crippen LogP contribution is 2.25. The molecule has 6 heteroatoms. The maximum atomic E-state index is 4.26. The van der Waals surface area contributed by atoms with E-state index in [1.54, 1.807) is 0 Å². The van der Waals surface area contributed by atoms with Crippen molar-refractivity contribution >= 4 is 30.3 Å². The van der Waals surface area contributed by atoms with E-state index in [-0.39, 0.29) is 0 Å². The van der Waals surface area contributed by atoms with Crippen LogP contribution >= 0.6 is 12.6 Å². The minimum atomic E-state index is 0.667. The van der Waals surface area contributed by atoms with Gasteiger partial charge in [0.25, 0.3) is 0 Å². The predicted octanol–water partition coefficient (Wildman–Crippen LogP) is 0.900. The lowest BCUT2D eigenvalue weighted by atomic mass is 10.2. The zero-order chi connectivity index (χ0) is 8.84. The lowest BCUT2D eigenvalue weighted by Gasteiger charge is -1.94. The molecule has 0 saturated heterocycles. The molecule has 62 valence electrons. The lowest BCUT2D eigenvalue weighted by molar-refractivity contribution is 1.07. The highest BCUT2D eigenvalue weighted by molar-refractivity contribution is 7.80. The molecular formula is C7H3N5S. The third kappa shape index (κ3) is 0.803. The molecule has 2 aliphatic heterocycles. The van der Waals surface area contributed by atoms with Crippen LogP contribution < -0.4 is 10.7 Å². The van der Waals surface area contributed by atoms with E-state index >= 15 is 0 Å². The van der Waals surface area contributed by atoms with E-state index in [0.717, 1.165) is 15.9 Å². The van der Waals surface area contributed by atoms with Gasteiger partial charge in [0.2, 0.25) is 0 Å². The zero-order valence-electron chi connectivity index (χ0n) is 6.34. The Morgan fingerprint density at radius 1 is 1.23 bits per heavy atom. The molecule has 5 nitrogen and oxygen atoms in total. The Hall–Kier alpha value is -1.56. The fourth-order valence-corrected chi connectivity index (χ4v) is 1.57. The van der Waals surface area contributed by atoms with Gasteiger partial charge in [-0.05, 0) is 11.3 Å². The molecule has 2 heterocycles. The van der Waals surface area contributed by atoms with E-state index in [2.05, 4.69) is 38.1 Å². The first-order chi connectivity index (χ1) is 6.36. The summed E-state index contributed by atoms with van der Waals surface area (Å²) >= 11 is 4.26. The van der Waals surface area contributed by atoms with Gasteiger partial charge in [0.1, 0.15) is 23.1 Å². The average Bonchev–Trinajstić information content (AvgIpc) is 2.66. The molecule has 1 aromatic carbocycles. The average molecular weight is 189 g/mol. The first-order valence-corrected chi connectivity index (χ1v) is 4.06. The van der Waals surface area contributed by atoms with Gasteiger partial charge in [-0.2, -0.15) is 0 Å². The number of fused-ring (bicyclic) bond motifs is 3. The molecule has 0 spiro atoms. The number of hydrogen-bond donors (Lipinski definition) is 1.